The Hall–Kier alpha value is -1.65. The Morgan fingerprint density at radius 2 is 1.88 bits per heavy atom. The Balaban J connectivity index is 0.000000351. The summed E-state index contributed by atoms with van der Waals surface area (Å²) in [5.41, 5.74) is 6.19. The first-order valence-electron chi connectivity index (χ1n) is 6.79. The topological polar surface area (TPSA) is 118 Å². The van der Waals surface area contributed by atoms with E-state index in [-0.39, 0.29) is 18.2 Å². The van der Waals surface area contributed by atoms with E-state index in [0.717, 1.165) is 11.8 Å². The Labute approximate surface area is 137 Å². The van der Waals surface area contributed by atoms with Crippen LogP contribution >= 0.6 is 0 Å². The van der Waals surface area contributed by atoms with Crippen LogP contribution in [0.1, 0.15) is 17.5 Å². The number of alkyl halides is 3. The van der Waals surface area contributed by atoms with Crippen LogP contribution in [0, 0.1) is 0 Å². The summed E-state index contributed by atoms with van der Waals surface area (Å²) < 4.78 is 54.6. The molecule has 0 bridgehead atoms. The van der Waals surface area contributed by atoms with E-state index in [2.05, 4.69) is 0 Å². The second-order valence-electron chi connectivity index (χ2n) is 5.73. The fourth-order valence-corrected chi connectivity index (χ4v) is 3.76. The molecule has 1 aliphatic rings. The van der Waals surface area contributed by atoms with E-state index in [1.54, 1.807) is 6.07 Å². The fraction of sp³-hybridized carbons (Fsp3) is 0.500. The summed E-state index contributed by atoms with van der Waals surface area (Å²) in [7, 11) is -3.25. The van der Waals surface area contributed by atoms with Gasteiger partial charge < -0.3 is 15.9 Å². The number of aliphatic carboxylic acids is 1. The van der Waals surface area contributed by atoms with Crippen LogP contribution in [0.4, 0.5) is 13.2 Å². The predicted molar refractivity (Wildman–Crippen MR) is 80.0 cm³/mol. The quantitative estimate of drug-likeness (QED) is 0.711. The van der Waals surface area contributed by atoms with Crippen LogP contribution in [-0.2, 0) is 26.7 Å². The maximum absolute atomic E-state index is 11.4. The van der Waals surface area contributed by atoms with Crippen molar-refractivity contribution in [2.75, 3.05) is 12.0 Å². The smallest absolute Gasteiger partial charge is 0.475 e. The number of carboxylic acids is 1. The summed E-state index contributed by atoms with van der Waals surface area (Å²) in [5, 5.41) is 17.7. The highest BCUT2D eigenvalue weighted by molar-refractivity contribution is 7.90. The molecule has 0 saturated heterocycles. The number of benzene rings is 1. The van der Waals surface area contributed by atoms with Crippen LogP contribution in [0.3, 0.4) is 0 Å². The minimum atomic E-state index is -5.08. The van der Waals surface area contributed by atoms with E-state index in [0.29, 0.717) is 12.0 Å². The van der Waals surface area contributed by atoms with Gasteiger partial charge in [0.1, 0.15) is 5.60 Å². The van der Waals surface area contributed by atoms with Gasteiger partial charge >= 0.3 is 12.1 Å². The minimum Gasteiger partial charge on any atom is -0.475 e. The lowest BCUT2D eigenvalue weighted by molar-refractivity contribution is -0.192. The van der Waals surface area contributed by atoms with Gasteiger partial charge in [0.25, 0.3) is 0 Å². The second kappa shape index (κ2) is 7.08. The average molecular weight is 369 g/mol. The largest absolute Gasteiger partial charge is 0.490 e. The summed E-state index contributed by atoms with van der Waals surface area (Å²) in [6.45, 7) is 0. The van der Waals surface area contributed by atoms with Crippen molar-refractivity contribution in [3.63, 3.8) is 0 Å². The molecule has 0 heterocycles. The highest BCUT2D eigenvalue weighted by atomic mass is 32.2. The molecule has 1 aromatic carbocycles. The molecule has 0 aromatic heterocycles. The van der Waals surface area contributed by atoms with Crippen molar-refractivity contribution in [1.82, 2.24) is 0 Å². The molecule has 1 aliphatic carbocycles. The highest BCUT2D eigenvalue weighted by Crippen LogP contribution is 2.35. The first-order chi connectivity index (χ1) is 10.7. The number of halogens is 3. The number of rotatable bonds is 2. The van der Waals surface area contributed by atoms with Crippen LogP contribution in [0.25, 0.3) is 0 Å². The van der Waals surface area contributed by atoms with Gasteiger partial charge in [0.15, 0.2) is 9.84 Å². The van der Waals surface area contributed by atoms with Crippen molar-refractivity contribution in [2.24, 2.45) is 5.73 Å². The number of aliphatic hydroxyl groups is 1. The van der Waals surface area contributed by atoms with Crippen LogP contribution in [0.15, 0.2) is 24.3 Å². The van der Waals surface area contributed by atoms with Gasteiger partial charge in [-0.3, -0.25) is 0 Å². The van der Waals surface area contributed by atoms with E-state index < -0.39 is 27.6 Å². The van der Waals surface area contributed by atoms with Crippen molar-refractivity contribution < 1.29 is 36.6 Å². The maximum Gasteiger partial charge on any atom is 0.490 e. The number of carbonyl (C=O) groups is 1. The third-order valence-electron chi connectivity index (χ3n) is 3.34. The van der Waals surface area contributed by atoms with Gasteiger partial charge in [0, 0.05) is 12.3 Å². The summed E-state index contributed by atoms with van der Waals surface area (Å²) in [6, 6.07) is 7.16. The van der Waals surface area contributed by atoms with Crippen LogP contribution < -0.4 is 5.73 Å². The maximum atomic E-state index is 11.4. The van der Waals surface area contributed by atoms with Gasteiger partial charge in [0.2, 0.25) is 0 Å². The zero-order valence-electron chi connectivity index (χ0n) is 12.7. The molecule has 0 fully saturated rings. The van der Waals surface area contributed by atoms with Gasteiger partial charge in [-0.2, -0.15) is 13.2 Å². The Morgan fingerprint density at radius 1 is 1.38 bits per heavy atom. The summed E-state index contributed by atoms with van der Waals surface area (Å²) in [5.74, 6) is -3.03. The molecule has 0 saturated carbocycles. The molecule has 10 heteroatoms. The lowest BCUT2D eigenvalue weighted by atomic mass is 9.78. The van der Waals surface area contributed by atoms with Crippen molar-refractivity contribution in [2.45, 2.75) is 30.7 Å². The molecule has 2 atom stereocenters. The van der Waals surface area contributed by atoms with Gasteiger partial charge in [-0.1, -0.05) is 24.3 Å². The molecular weight excluding hydrogens is 351 g/mol. The average Bonchev–Trinajstić information content (AvgIpc) is 2.35. The van der Waals surface area contributed by atoms with E-state index in [1.165, 1.54) is 0 Å². The molecule has 4 N–H and O–H groups in total. The predicted octanol–water partition coefficient (Wildman–Crippen LogP) is 0.826. The van der Waals surface area contributed by atoms with E-state index >= 15 is 0 Å². The molecule has 1 aromatic rings. The molecule has 2 unspecified atom stereocenters. The zero-order chi connectivity index (χ0) is 18.8. The minimum absolute atomic E-state index is 0.198. The Bertz CT molecular complexity index is 705. The first-order valence-corrected chi connectivity index (χ1v) is 8.85. The molecule has 0 spiro atoms. The van der Waals surface area contributed by atoms with Crippen molar-refractivity contribution >= 4 is 15.8 Å². The monoisotopic (exact) mass is 369 g/mol. The molecule has 0 amide bonds. The summed E-state index contributed by atoms with van der Waals surface area (Å²) >= 11 is 0. The third-order valence-corrected chi connectivity index (χ3v) is 4.35. The molecule has 0 aliphatic heterocycles. The highest BCUT2D eigenvalue weighted by Gasteiger charge is 2.40. The van der Waals surface area contributed by atoms with E-state index in [1.807, 2.05) is 18.2 Å². The number of hydrogen-bond acceptors (Lipinski definition) is 5. The molecule has 6 nitrogen and oxygen atoms in total. The van der Waals surface area contributed by atoms with Crippen molar-refractivity contribution in [3.05, 3.63) is 35.4 Å². The zero-order valence-corrected chi connectivity index (χ0v) is 13.6. The Morgan fingerprint density at radius 3 is 2.33 bits per heavy atom. The van der Waals surface area contributed by atoms with Crippen molar-refractivity contribution in [1.29, 1.82) is 0 Å². The van der Waals surface area contributed by atoms with Gasteiger partial charge in [-0.25, -0.2) is 13.2 Å². The number of fused-ring (bicyclic) bond motifs is 1. The molecular formula is C14H18F3NO5S. The Kier molecular flexibility index (Phi) is 6.01. The lowest BCUT2D eigenvalue weighted by Gasteiger charge is -2.36. The summed E-state index contributed by atoms with van der Waals surface area (Å²) in [6.07, 6.45) is -2.98. The number of sulfone groups is 1. The fourth-order valence-electron chi connectivity index (χ4n) is 2.62. The number of carboxylic acid groups (broad SMARTS) is 1. The standard InChI is InChI=1S/C12H17NO3S.C2HF3O2/c1-17(15,16)8-12(14)7-10(13)6-9-4-2-3-5-11(9)12;3-2(4,5)1(6)7/h2-5,10,14H,6-8,13H2,1H3;(H,6,7). The van der Waals surface area contributed by atoms with E-state index in [9.17, 15) is 26.7 Å². The molecule has 2 rings (SSSR count). The van der Waals surface area contributed by atoms with Gasteiger partial charge in [-0.05, 0) is 24.0 Å². The van der Waals surface area contributed by atoms with Crippen LogP contribution in [-0.4, -0.2) is 48.8 Å². The van der Waals surface area contributed by atoms with Gasteiger partial charge in [0.05, 0.1) is 5.75 Å². The van der Waals surface area contributed by atoms with Gasteiger partial charge in [-0.15, -0.1) is 0 Å². The van der Waals surface area contributed by atoms with Crippen molar-refractivity contribution in [3.8, 4) is 0 Å². The third kappa shape index (κ3) is 5.77. The normalized spacial score (nSPS) is 23.7. The number of hydrogen-bond donors (Lipinski definition) is 3. The molecule has 24 heavy (non-hydrogen) atoms. The molecule has 0 radical (unpaired) electrons. The van der Waals surface area contributed by atoms with E-state index in [4.69, 9.17) is 15.6 Å². The first kappa shape index (κ1) is 20.4. The number of nitrogens with two attached hydrogens (primary N) is 1. The summed E-state index contributed by atoms with van der Waals surface area (Å²) in [4.78, 5) is 8.90. The van der Waals surface area contributed by atoms with Crippen LogP contribution in [0.5, 0.6) is 0 Å². The lowest BCUT2D eigenvalue weighted by Crippen LogP contribution is -2.45. The second-order valence-corrected chi connectivity index (χ2v) is 7.87. The molecule has 136 valence electrons. The van der Waals surface area contributed by atoms with Crippen LogP contribution in [0.2, 0.25) is 0 Å². The SMILES string of the molecule is CS(=O)(=O)CC1(O)CC(N)Cc2ccccc21.O=C(O)C(F)(F)F.